The number of hydrogen-bond acceptors (Lipinski definition) is 4. The predicted octanol–water partition coefficient (Wildman–Crippen LogP) is 1.98. The van der Waals surface area contributed by atoms with Crippen molar-refractivity contribution >= 4 is 5.91 Å². The van der Waals surface area contributed by atoms with E-state index in [-0.39, 0.29) is 5.91 Å². The first-order valence-electron chi connectivity index (χ1n) is 5.39. The predicted molar refractivity (Wildman–Crippen MR) is 63.5 cm³/mol. The van der Waals surface area contributed by atoms with Crippen molar-refractivity contribution in [2.45, 2.75) is 13.0 Å². The van der Waals surface area contributed by atoms with Gasteiger partial charge in [-0.3, -0.25) is 4.79 Å². The SMILES string of the molecule is Cc1oncc1C(=O)NC(C#N)c1ccccc1. The molecular weight excluding hydrogens is 230 g/mol. The molecule has 0 aliphatic rings. The van der Waals surface area contributed by atoms with Crippen molar-refractivity contribution in [3.63, 3.8) is 0 Å². The van der Waals surface area contributed by atoms with Gasteiger partial charge in [0.25, 0.3) is 5.91 Å². The Balaban J connectivity index is 2.16. The lowest BCUT2D eigenvalue weighted by Gasteiger charge is -2.10. The van der Waals surface area contributed by atoms with E-state index in [1.165, 1.54) is 6.20 Å². The van der Waals surface area contributed by atoms with Crippen molar-refractivity contribution in [3.05, 3.63) is 53.4 Å². The molecule has 2 aromatic rings. The molecule has 0 bridgehead atoms. The number of hydrogen-bond donors (Lipinski definition) is 1. The second kappa shape index (κ2) is 5.15. The Hall–Kier alpha value is -2.61. The van der Waals surface area contributed by atoms with Gasteiger partial charge in [0.1, 0.15) is 17.4 Å². The van der Waals surface area contributed by atoms with Gasteiger partial charge in [-0.1, -0.05) is 35.5 Å². The van der Waals surface area contributed by atoms with Gasteiger partial charge >= 0.3 is 0 Å². The quantitative estimate of drug-likeness (QED) is 0.891. The number of aromatic nitrogens is 1. The maximum atomic E-state index is 11.9. The molecule has 5 nitrogen and oxygen atoms in total. The topological polar surface area (TPSA) is 78.9 Å². The number of carbonyl (C=O) groups is 1. The number of carbonyl (C=O) groups excluding carboxylic acids is 1. The average Bonchev–Trinajstić information content (AvgIpc) is 2.83. The summed E-state index contributed by atoms with van der Waals surface area (Å²) in [6, 6.07) is 10.4. The molecule has 1 atom stereocenters. The fourth-order valence-corrected chi connectivity index (χ4v) is 1.56. The van der Waals surface area contributed by atoms with Gasteiger partial charge in [-0.15, -0.1) is 0 Å². The fraction of sp³-hybridized carbons (Fsp3) is 0.154. The third-order valence-corrected chi connectivity index (χ3v) is 2.53. The van der Waals surface area contributed by atoms with Crippen LogP contribution >= 0.6 is 0 Å². The minimum absolute atomic E-state index is 0.339. The number of amides is 1. The maximum absolute atomic E-state index is 11.9. The Kier molecular flexibility index (Phi) is 3.39. The first kappa shape index (κ1) is 11.9. The van der Waals surface area contributed by atoms with E-state index >= 15 is 0 Å². The normalized spacial score (nSPS) is 11.6. The number of aryl methyl sites for hydroxylation is 1. The van der Waals surface area contributed by atoms with Crippen LogP contribution in [0.1, 0.15) is 27.7 Å². The Labute approximate surface area is 104 Å². The summed E-state index contributed by atoms with van der Waals surface area (Å²) in [7, 11) is 0. The van der Waals surface area contributed by atoms with Crippen LogP contribution in [-0.4, -0.2) is 11.1 Å². The van der Waals surface area contributed by atoms with Crippen LogP contribution in [0.25, 0.3) is 0 Å². The molecule has 1 N–H and O–H groups in total. The monoisotopic (exact) mass is 241 g/mol. The summed E-state index contributed by atoms with van der Waals surface area (Å²) in [5.74, 6) is 0.0569. The molecule has 0 spiro atoms. The van der Waals surface area contributed by atoms with Gasteiger partial charge in [0, 0.05) is 0 Å². The van der Waals surface area contributed by atoms with Crippen LogP contribution in [-0.2, 0) is 0 Å². The van der Waals surface area contributed by atoms with Crippen LogP contribution in [0.15, 0.2) is 41.1 Å². The lowest BCUT2D eigenvalue weighted by molar-refractivity contribution is 0.0943. The molecule has 5 heteroatoms. The van der Waals surface area contributed by atoms with Crippen molar-refractivity contribution in [2.75, 3.05) is 0 Å². The summed E-state index contributed by atoms with van der Waals surface area (Å²) in [6.45, 7) is 1.64. The lowest BCUT2D eigenvalue weighted by Crippen LogP contribution is -2.27. The average molecular weight is 241 g/mol. The molecule has 0 saturated heterocycles. The number of rotatable bonds is 3. The van der Waals surface area contributed by atoms with Crippen molar-refractivity contribution < 1.29 is 9.32 Å². The zero-order chi connectivity index (χ0) is 13.0. The van der Waals surface area contributed by atoms with Crippen LogP contribution in [0.4, 0.5) is 0 Å². The van der Waals surface area contributed by atoms with Crippen molar-refractivity contribution in [2.24, 2.45) is 0 Å². The Morgan fingerprint density at radius 1 is 1.44 bits per heavy atom. The van der Waals surface area contributed by atoms with Crippen LogP contribution < -0.4 is 5.32 Å². The van der Waals surface area contributed by atoms with Gasteiger partial charge in [-0.2, -0.15) is 5.26 Å². The Morgan fingerprint density at radius 3 is 2.72 bits per heavy atom. The number of nitriles is 1. The van der Waals surface area contributed by atoms with Gasteiger partial charge in [0.2, 0.25) is 0 Å². The number of nitrogens with one attached hydrogen (secondary N) is 1. The van der Waals surface area contributed by atoms with Gasteiger partial charge in [0.05, 0.1) is 12.3 Å². The Morgan fingerprint density at radius 2 is 2.17 bits per heavy atom. The van der Waals surface area contributed by atoms with Crippen LogP contribution in [0.2, 0.25) is 0 Å². The first-order chi connectivity index (χ1) is 8.72. The van der Waals surface area contributed by atoms with Crippen LogP contribution in [0.5, 0.6) is 0 Å². The standard InChI is InChI=1S/C13H11N3O2/c1-9-11(8-15-18-9)13(17)16-12(7-14)10-5-3-2-4-6-10/h2-6,8,12H,1H3,(H,16,17). The minimum Gasteiger partial charge on any atom is -0.361 e. The summed E-state index contributed by atoms with van der Waals surface area (Å²) < 4.78 is 4.81. The van der Waals surface area contributed by atoms with E-state index in [4.69, 9.17) is 9.78 Å². The van der Waals surface area contributed by atoms with Gasteiger partial charge in [-0.05, 0) is 12.5 Å². The summed E-state index contributed by atoms with van der Waals surface area (Å²) in [5, 5.41) is 15.2. The highest BCUT2D eigenvalue weighted by Gasteiger charge is 2.18. The molecule has 1 unspecified atom stereocenters. The van der Waals surface area contributed by atoms with E-state index in [2.05, 4.69) is 10.5 Å². The van der Waals surface area contributed by atoms with E-state index < -0.39 is 6.04 Å². The molecule has 1 aromatic carbocycles. The molecule has 18 heavy (non-hydrogen) atoms. The van der Waals surface area contributed by atoms with Gasteiger partial charge in [-0.25, -0.2) is 0 Å². The first-order valence-corrected chi connectivity index (χ1v) is 5.39. The van der Waals surface area contributed by atoms with Crippen LogP contribution in [0.3, 0.4) is 0 Å². The number of benzene rings is 1. The summed E-state index contributed by atoms with van der Waals surface area (Å²) >= 11 is 0. The molecule has 0 aliphatic carbocycles. The number of nitrogens with zero attached hydrogens (tertiary/aromatic N) is 2. The van der Waals surface area contributed by atoms with E-state index in [0.29, 0.717) is 11.3 Å². The second-order valence-electron chi connectivity index (χ2n) is 3.74. The third kappa shape index (κ3) is 2.38. The summed E-state index contributed by atoms with van der Waals surface area (Å²) in [6.07, 6.45) is 1.34. The molecule has 0 saturated carbocycles. The van der Waals surface area contributed by atoms with E-state index in [1.807, 2.05) is 24.3 Å². The fourth-order valence-electron chi connectivity index (χ4n) is 1.56. The van der Waals surface area contributed by atoms with Gasteiger partial charge in [0.15, 0.2) is 0 Å². The molecular formula is C13H11N3O2. The molecule has 90 valence electrons. The molecule has 0 aliphatic heterocycles. The second-order valence-corrected chi connectivity index (χ2v) is 3.74. The highest BCUT2D eigenvalue weighted by atomic mass is 16.5. The molecule has 1 amide bonds. The van der Waals surface area contributed by atoms with Gasteiger partial charge < -0.3 is 9.84 Å². The largest absolute Gasteiger partial charge is 0.361 e. The molecule has 0 fully saturated rings. The molecule has 0 radical (unpaired) electrons. The zero-order valence-electron chi connectivity index (χ0n) is 9.75. The smallest absolute Gasteiger partial charge is 0.257 e. The molecule has 1 aromatic heterocycles. The lowest BCUT2D eigenvalue weighted by atomic mass is 10.1. The molecule has 2 rings (SSSR count). The Bertz CT molecular complexity index is 584. The van der Waals surface area contributed by atoms with E-state index in [0.717, 1.165) is 5.56 Å². The van der Waals surface area contributed by atoms with Crippen molar-refractivity contribution in [1.82, 2.24) is 10.5 Å². The maximum Gasteiger partial charge on any atom is 0.257 e. The summed E-state index contributed by atoms with van der Waals surface area (Å²) in [5.41, 5.74) is 1.08. The highest BCUT2D eigenvalue weighted by Crippen LogP contribution is 2.13. The van der Waals surface area contributed by atoms with E-state index in [9.17, 15) is 4.79 Å². The molecule has 1 heterocycles. The summed E-state index contributed by atoms with van der Waals surface area (Å²) in [4.78, 5) is 11.9. The van der Waals surface area contributed by atoms with Crippen molar-refractivity contribution in [3.8, 4) is 6.07 Å². The zero-order valence-corrected chi connectivity index (χ0v) is 9.75. The third-order valence-electron chi connectivity index (χ3n) is 2.53. The van der Waals surface area contributed by atoms with Crippen molar-refractivity contribution in [1.29, 1.82) is 5.26 Å². The van der Waals surface area contributed by atoms with Crippen LogP contribution in [0, 0.1) is 18.3 Å². The minimum atomic E-state index is -0.687. The van der Waals surface area contributed by atoms with E-state index in [1.54, 1.807) is 19.1 Å². The highest BCUT2D eigenvalue weighted by molar-refractivity contribution is 5.95.